The number of nitrogens with zero attached hydrogens (tertiary/aromatic N) is 1. The van der Waals surface area contributed by atoms with E-state index < -0.39 is 5.97 Å². The van der Waals surface area contributed by atoms with Crippen molar-refractivity contribution in [2.45, 2.75) is 6.42 Å². The Morgan fingerprint density at radius 3 is 2.56 bits per heavy atom. The van der Waals surface area contributed by atoms with Crippen LogP contribution >= 0.6 is 15.9 Å². The van der Waals surface area contributed by atoms with Crippen LogP contribution in [0.2, 0.25) is 0 Å². The number of halogens is 1. The Morgan fingerprint density at radius 2 is 2.06 bits per heavy atom. The summed E-state index contributed by atoms with van der Waals surface area (Å²) < 4.78 is 1.01. The van der Waals surface area contributed by atoms with Gasteiger partial charge in [-0.2, -0.15) is 0 Å². The summed E-state index contributed by atoms with van der Waals surface area (Å²) in [6, 6.07) is 7.78. The largest absolute Gasteiger partial charge is 0.481 e. The molecule has 0 spiro atoms. The molecule has 0 aromatic heterocycles. The van der Waals surface area contributed by atoms with Crippen LogP contribution < -0.4 is 4.90 Å². The second-order valence-corrected chi connectivity index (χ2v) is 4.27. The third kappa shape index (κ3) is 4.06. The van der Waals surface area contributed by atoms with Crippen LogP contribution in [-0.2, 0) is 4.79 Å². The molecule has 16 heavy (non-hydrogen) atoms. The molecule has 1 aromatic carbocycles. The van der Waals surface area contributed by atoms with Crippen LogP contribution in [0.3, 0.4) is 0 Å². The third-order valence-corrected chi connectivity index (χ3v) is 2.67. The third-order valence-electron chi connectivity index (χ3n) is 2.14. The van der Waals surface area contributed by atoms with Gasteiger partial charge in [-0.15, -0.1) is 6.58 Å². The number of benzene rings is 1. The van der Waals surface area contributed by atoms with Gasteiger partial charge in [0.15, 0.2) is 0 Å². The monoisotopic (exact) mass is 283 g/mol. The van der Waals surface area contributed by atoms with E-state index in [0.717, 1.165) is 10.2 Å². The Balaban J connectivity index is 2.72. The lowest BCUT2D eigenvalue weighted by molar-refractivity contribution is -0.136. The van der Waals surface area contributed by atoms with Gasteiger partial charge in [0.2, 0.25) is 0 Å². The molecule has 0 unspecified atom stereocenters. The van der Waals surface area contributed by atoms with Crippen LogP contribution in [0.15, 0.2) is 41.4 Å². The molecule has 0 saturated heterocycles. The summed E-state index contributed by atoms with van der Waals surface area (Å²) in [5.41, 5.74) is 1.00. The van der Waals surface area contributed by atoms with E-state index in [1.165, 1.54) is 0 Å². The molecule has 1 rings (SSSR count). The standard InChI is InChI=1S/C12H14BrNO2/c1-2-8-14(9-7-12(15)16)11-5-3-10(13)4-6-11/h2-6H,1,7-9H2,(H,15,16). The van der Waals surface area contributed by atoms with E-state index in [1.807, 2.05) is 29.2 Å². The molecule has 0 heterocycles. The Morgan fingerprint density at radius 1 is 1.44 bits per heavy atom. The maximum absolute atomic E-state index is 10.5. The lowest BCUT2D eigenvalue weighted by atomic mass is 10.2. The minimum atomic E-state index is -0.786. The number of carboxylic acids is 1. The normalized spacial score (nSPS) is 9.81. The molecule has 1 aromatic rings. The highest BCUT2D eigenvalue weighted by molar-refractivity contribution is 9.10. The minimum Gasteiger partial charge on any atom is -0.481 e. The molecule has 0 aliphatic heterocycles. The lowest BCUT2D eigenvalue weighted by Crippen LogP contribution is -2.26. The van der Waals surface area contributed by atoms with Crippen LogP contribution in [0.4, 0.5) is 5.69 Å². The molecule has 0 atom stereocenters. The quantitative estimate of drug-likeness (QED) is 0.816. The maximum atomic E-state index is 10.5. The molecule has 0 amide bonds. The molecule has 4 heteroatoms. The van der Waals surface area contributed by atoms with Crippen LogP contribution in [0, 0.1) is 0 Å². The average Bonchev–Trinajstić information content (AvgIpc) is 2.25. The fraction of sp³-hybridized carbons (Fsp3) is 0.250. The summed E-state index contributed by atoms with van der Waals surface area (Å²) in [7, 11) is 0. The molecule has 0 aliphatic rings. The van der Waals surface area contributed by atoms with Crippen molar-refractivity contribution in [3.8, 4) is 0 Å². The number of hydrogen-bond acceptors (Lipinski definition) is 2. The van der Waals surface area contributed by atoms with Crippen molar-refractivity contribution in [3.05, 3.63) is 41.4 Å². The van der Waals surface area contributed by atoms with Crippen molar-refractivity contribution in [2.24, 2.45) is 0 Å². The van der Waals surface area contributed by atoms with Gasteiger partial charge in [0.1, 0.15) is 0 Å². The molecule has 1 N–H and O–H groups in total. The Hall–Kier alpha value is -1.29. The van der Waals surface area contributed by atoms with Gasteiger partial charge in [-0.25, -0.2) is 0 Å². The maximum Gasteiger partial charge on any atom is 0.305 e. The van der Waals surface area contributed by atoms with Crippen LogP contribution in [-0.4, -0.2) is 24.2 Å². The van der Waals surface area contributed by atoms with Gasteiger partial charge in [0.05, 0.1) is 6.42 Å². The second kappa shape index (κ2) is 6.33. The molecule has 0 bridgehead atoms. The molecule has 0 saturated carbocycles. The molecule has 3 nitrogen and oxygen atoms in total. The van der Waals surface area contributed by atoms with Crippen molar-refractivity contribution >= 4 is 27.6 Å². The Kier molecular flexibility index (Phi) is 5.05. The minimum absolute atomic E-state index is 0.129. The lowest BCUT2D eigenvalue weighted by Gasteiger charge is -2.22. The topological polar surface area (TPSA) is 40.5 Å². The highest BCUT2D eigenvalue weighted by Crippen LogP contribution is 2.18. The van der Waals surface area contributed by atoms with Gasteiger partial charge in [-0.1, -0.05) is 22.0 Å². The van der Waals surface area contributed by atoms with E-state index in [-0.39, 0.29) is 6.42 Å². The Labute approximate surface area is 104 Å². The van der Waals surface area contributed by atoms with Crippen molar-refractivity contribution in [3.63, 3.8) is 0 Å². The predicted molar refractivity (Wildman–Crippen MR) is 68.8 cm³/mol. The van der Waals surface area contributed by atoms with Gasteiger partial charge in [-0.3, -0.25) is 4.79 Å². The zero-order valence-electron chi connectivity index (χ0n) is 8.90. The molecule has 0 radical (unpaired) electrons. The zero-order valence-corrected chi connectivity index (χ0v) is 10.5. The second-order valence-electron chi connectivity index (χ2n) is 3.35. The number of carbonyl (C=O) groups is 1. The van der Waals surface area contributed by atoms with Crippen LogP contribution in [0.25, 0.3) is 0 Å². The van der Waals surface area contributed by atoms with Crippen molar-refractivity contribution in [1.82, 2.24) is 0 Å². The van der Waals surface area contributed by atoms with E-state index in [2.05, 4.69) is 22.5 Å². The molecule has 0 aliphatic carbocycles. The zero-order chi connectivity index (χ0) is 12.0. The first-order chi connectivity index (χ1) is 7.63. The van der Waals surface area contributed by atoms with E-state index in [1.54, 1.807) is 6.08 Å². The molecular formula is C12H14BrNO2. The fourth-order valence-electron chi connectivity index (χ4n) is 1.36. The molecular weight excluding hydrogens is 270 g/mol. The number of aliphatic carboxylic acids is 1. The average molecular weight is 284 g/mol. The smallest absolute Gasteiger partial charge is 0.305 e. The van der Waals surface area contributed by atoms with E-state index in [0.29, 0.717) is 13.1 Å². The summed E-state index contributed by atoms with van der Waals surface area (Å²) in [6.45, 7) is 4.81. The summed E-state index contributed by atoms with van der Waals surface area (Å²) in [4.78, 5) is 12.5. The molecule has 0 fully saturated rings. The summed E-state index contributed by atoms with van der Waals surface area (Å²) in [5.74, 6) is -0.786. The van der Waals surface area contributed by atoms with E-state index in [4.69, 9.17) is 5.11 Å². The van der Waals surface area contributed by atoms with Gasteiger partial charge in [0.25, 0.3) is 0 Å². The number of carboxylic acid groups (broad SMARTS) is 1. The first kappa shape index (κ1) is 12.8. The van der Waals surface area contributed by atoms with Crippen LogP contribution in [0.5, 0.6) is 0 Å². The van der Waals surface area contributed by atoms with Crippen LogP contribution in [0.1, 0.15) is 6.42 Å². The first-order valence-electron chi connectivity index (χ1n) is 4.96. The predicted octanol–water partition coefficient (Wildman–Crippen LogP) is 2.92. The van der Waals surface area contributed by atoms with Crippen molar-refractivity contribution in [1.29, 1.82) is 0 Å². The Bertz CT molecular complexity index is 362. The van der Waals surface area contributed by atoms with E-state index in [9.17, 15) is 4.79 Å². The van der Waals surface area contributed by atoms with Gasteiger partial charge >= 0.3 is 5.97 Å². The first-order valence-corrected chi connectivity index (χ1v) is 5.76. The van der Waals surface area contributed by atoms with Gasteiger partial charge in [-0.05, 0) is 24.3 Å². The summed E-state index contributed by atoms with van der Waals surface area (Å²) in [6.07, 6.45) is 1.90. The summed E-state index contributed by atoms with van der Waals surface area (Å²) >= 11 is 3.36. The van der Waals surface area contributed by atoms with Crippen molar-refractivity contribution in [2.75, 3.05) is 18.0 Å². The fourth-order valence-corrected chi connectivity index (χ4v) is 1.63. The molecule has 86 valence electrons. The summed E-state index contributed by atoms with van der Waals surface area (Å²) in [5, 5.41) is 8.66. The van der Waals surface area contributed by atoms with Crippen molar-refractivity contribution < 1.29 is 9.90 Å². The van der Waals surface area contributed by atoms with Gasteiger partial charge < -0.3 is 10.0 Å². The SMILES string of the molecule is C=CCN(CCC(=O)O)c1ccc(Br)cc1. The van der Waals surface area contributed by atoms with E-state index >= 15 is 0 Å². The number of hydrogen-bond donors (Lipinski definition) is 1. The highest BCUT2D eigenvalue weighted by Gasteiger charge is 2.06. The number of anilines is 1. The highest BCUT2D eigenvalue weighted by atomic mass is 79.9. The van der Waals surface area contributed by atoms with Gasteiger partial charge in [0, 0.05) is 23.2 Å². The number of rotatable bonds is 6.